The molecule has 1 aromatic rings. The molecule has 6 heteroatoms. The Morgan fingerprint density at radius 3 is 2.83 bits per heavy atom. The van der Waals surface area contributed by atoms with Crippen molar-refractivity contribution in [1.29, 1.82) is 0 Å². The molecule has 0 unspecified atom stereocenters. The van der Waals surface area contributed by atoms with Gasteiger partial charge in [-0.15, -0.1) is 0 Å². The van der Waals surface area contributed by atoms with E-state index in [1.54, 1.807) is 18.2 Å². The molecular weight excluding hydrogens is 312 g/mol. The second-order valence-corrected chi connectivity index (χ2v) is 6.48. The van der Waals surface area contributed by atoms with E-state index in [-0.39, 0.29) is 24.6 Å². The van der Waals surface area contributed by atoms with Gasteiger partial charge in [0.15, 0.2) is 17.3 Å². The van der Waals surface area contributed by atoms with Gasteiger partial charge < -0.3 is 24.4 Å². The van der Waals surface area contributed by atoms with E-state index in [0.717, 1.165) is 11.1 Å². The van der Waals surface area contributed by atoms with E-state index in [4.69, 9.17) is 14.2 Å². The number of benzene rings is 1. The summed E-state index contributed by atoms with van der Waals surface area (Å²) in [5, 5.41) is 21.2. The van der Waals surface area contributed by atoms with Crippen molar-refractivity contribution in [2.75, 3.05) is 20.8 Å². The summed E-state index contributed by atoms with van der Waals surface area (Å²) in [4.78, 5) is 11.8. The van der Waals surface area contributed by atoms with Crippen LogP contribution >= 0.6 is 0 Å². The highest BCUT2D eigenvalue weighted by Crippen LogP contribution is 2.55. The summed E-state index contributed by atoms with van der Waals surface area (Å²) in [7, 11) is 3.01. The zero-order chi connectivity index (χ0) is 17.1. The van der Waals surface area contributed by atoms with E-state index >= 15 is 0 Å². The maximum Gasteiger partial charge on any atom is 0.181 e. The number of hydrogen-bond acceptors (Lipinski definition) is 6. The van der Waals surface area contributed by atoms with Crippen LogP contribution < -0.4 is 4.74 Å². The summed E-state index contributed by atoms with van der Waals surface area (Å²) in [6.45, 7) is 0.0203. The molecule has 1 aliphatic heterocycles. The van der Waals surface area contributed by atoms with E-state index < -0.39 is 17.1 Å². The van der Waals surface area contributed by atoms with Crippen molar-refractivity contribution >= 4 is 5.78 Å². The van der Waals surface area contributed by atoms with Crippen molar-refractivity contribution in [2.24, 2.45) is 0 Å². The van der Waals surface area contributed by atoms with Gasteiger partial charge in [0.1, 0.15) is 29.5 Å². The van der Waals surface area contributed by atoms with Gasteiger partial charge in [-0.25, -0.2) is 0 Å². The quantitative estimate of drug-likeness (QED) is 0.841. The number of aromatic hydroxyl groups is 1. The van der Waals surface area contributed by atoms with Crippen molar-refractivity contribution in [1.82, 2.24) is 0 Å². The Labute approximate surface area is 139 Å². The predicted molar refractivity (Wildman–Crippen MR) is 84.0 cm³/mol. The van der Waals surface area contributed by atoms with E-state index in [9.17, 15) is 15.0 Å². The lowest BCUT2D eigenvalue weighted by Gasteiger charge is -2.55. The minimum absolute atomic E-state index is 0.00695. The molecule has 0 radical (unpaired) electrons. The van der Waals surface area contributed by atoms with Crippen LogP contribution in [-0.2, 0) is 26.1 Å². The highest BCUT2D eigenvalue weighted by atomic mass is 16.5. The molecule has 1 aromatic carbocycles. The molecule has 126 valence electrons. The number of methoxy groups -OCH3 is 2. The SMILES string of the molecule is COc1cc2c(cc1O)C[C@@]1(O)COC3=CC(=O)C=C[C@]32[C@@H]1OC. The molecule has 1 heterocycles. The Morgan fingerprint density at radius 1 is 1.33 bits per heavy atom. The number of phenols is 1. The molecule has 0 amide bonds. The normalized spacial score (nSPS) is 33.2. The minimum atomic E-state index is -1.26. The topological polar surface area (TPSA) is 85.2 Å². The third-order valence-electron chi connectivity index (χ3n) is 5.15. The molecule has 0 saturated carbocycles. The first-order chi connectivity index (χ1) is 11.4. The van der Waals surface area contributed by atoms with Crippen LogP contribution in [0.1, 0.15) is 11.1 Å². The lowest BCUT2D eigenvalue weighted by Crippen LogP contribution is -2.66. The molecule has 0 aromatic heterocycles. The summed E-state index contributed by atoms with van der Waals surface area (Å²) < 4.78 is 16.7. The smallest absolute Gasteiger partial charge is 0.181 e. The first-order valence-corrected chi connectivity index (χ1v) is 7.68. The van der Waals surface area contributed by atoms with Gasteiger partial charge in [0.25, 0.3) is 0 Å². The summed E-state index contributed by atoms with van der Waals surface area (Å²) in [5.74, 6) is 0.597. The fraction of sp³-hybridized carbons (Fsp3) is 0.389. The van der Waals surface area contributed by atoms with Gasteiger partial charge in [-0.05, 0) is 29.3 Å². The maximum atomic E-state index is 11.8. The van der Waals surface area contributed by atoms with Crippen LogP contribution in [-0.4, -0.2) is 48.5 Å². The van der Waals surface area contributed by atoms with Crippen LogP contribution in [0.3, 0.4) is 0 Å². The first-order valence-electron chi connectivity index (χ1n) is 7.68. The van der Waals surface area contributed by atoms with Crippen LogP contribution in [0.5, 0.6) is 11.5 Å². The number of phenolic OH excluding ortho intramolecular Hbond substituents is 1. The monoisotopic (exact) mass is 330 g/mol. The third kappa shape index (κ3) is 1.75. The summed E-state index contributed by atoms with van der Waals surface area (Å²) in [5.41, 5.74) is -0.615. The lowest BCUT2D eigenvalue weighted by molar-refractivity contribution is -0.182. The van der Waals surface area contributed by atoms with E-state index in [2.05, 4.69) is 0 Å². The summed E-state index contributed by atoms with van der Waals surface area (Å²) in [6, 6.07) is 3.32. The van der Waals surface area contributed by atoms with E-state index in [1.807, 2.05) is 0 Å². The summed E-state index contributed by atoms with van der Waals surface area (Å²) in [6.07, 6.45) is 4.27. The molecule has 2 aliphatic carbocycles. The number of allylic oxidation sites excluding steroid dienone is 2. The summed E-state index contributed by atoms with van der Waals surface area (Å²) >= 11 is 0. The molecule has 1 spiro atoms. The molecule has 1 saturated heterocycles. The molecule has 3 atom stereocenters. The fourth-order valence-electron chi connectivity index (χ4n) is 4.22. The first kappa shape index (κ1) is 15.2. The van der Waals surface area contributed by atoms with Gasteiger partial charge in [-0.2, -0.15) is 0 Å². The van der Waals surface area contributed by atoms with Gasteiger partial charge in [0, 0.05) is 19.6 Å². The largest absolute Gasteiger partial charge is 0.504 e. The van der Waals surface area contributed by atoms with Crippen molar-refractivity contribution in [3.05, 3.63) is 47.2 Å². The number of aliphatic hydroxyl groups is 1. The Balaban J connectivity index is 2.05. The molecule has 2 N–H and O–H groups in total. The van der Waals surface area contributed by atoms with Crippen LogP contribution in [0, 0.1) is 0 Å². The Kier molecular flexibility index (Phi) is 3.07. The molecule has 2 bridgehead atoms. The van der Waals surface area contributed by atoms with Crippen LogP contribution in [0.25, 0.3) is 0 Å². The number of ether oxygens (including phenoxy) is 3. The second-order valence-electron chi connectivity index (χ2n) is 6.48. The number of ketones is 1. The van der Waals surface area contributed by atoms with Gasteiger partial charge in [0.2, 0.25) is 0 Å². The third-order valence-corrected chi connectivity index (χ3v) is 5.15. The fourth-order valence-corrected chi connectivity index (χ4v) is 4.22. The number of carbonyl (C=O) groups is 1. The van der Waals surface area contributed by atoms with Crippen LogP contribution in [0.4, 0.5) is 0 Å². The highest BCUT2D eigenvalue weighted by Gasteiger charge is 2.62. The average molecular weight is 330 g/mol. The number of fused-ring (bicyclic) bond motifs is 2. The second kappa shape index (κ2) is 4.84. The van der Waals surface area contributed by atoms with E-state index in [0.29, 0.717) is 11.5 Å². The number of carbonyl (C=O) groups excluding carboxylic acids is 1. The van der Waals surface area contributed by atoms with Crippen LogP contribution in [0.2, 0.25) is 0 Å². The molecule has 24 heavy (non-hydrogen) atoms. The average Bonchev–Trinajstić information content (AvgIpc) is 2.54. The molecular formula is C18H18O6. The number of rotatable bonds is 2. The van der Waals surface area contributed by atoms with Gasteiger partial charge in [0.05, 0.1) is 7.11 Å². The highest BCUT2D eigenvalue weighted by molar-refractivity contribution is 6.01. The van der Waals surface area contributed by atoms with Crippen LogP contribution in [0.15, 0.2) is 36.1 Å². The molecule has 1 fully saturated rings. The molecule has 4 rings (SSSR count). The Hall–Kier alpha value is -2.31. The maximum absolute atomic E-state index is 11.8. The Morgan fingerprint density at radius 2 is 2.12 bits per heavy atom. The van der Waals surface area contributed by atoms with Gasteiger partial charge >= 0.3 is 0 Å². The Bertz CT molecular complexity index is 795. The van der Waals surface area contributed by atoms with Crippen molar-refractivity contribution in [3.8, 4) is 11.5 Å². The van der Waals surface area contributed by atoms with E-state index in [1.165, 1.54) is 26.4 Å². The minimum Gasteiger partial charge on any atom is -0.504 e. The van der Waals surface area contributed by atoms with Crippen molar-refractivity contribution in [3.63, 3.8) is 0 Å². The zero-order valence-corrected chi connectivity index (χ0v) is 13.4. The zero-order valence-electron chi connectivity index (χ0n) is 13.4. The number of hydrogen-bond donors (Lipinski definition) is 2. The lowest BCUT2D eigenvalue weighted by atomic mass is 9.58. The van der Waals surface area contributed by atoms with Crippen molar-refractivity contribution < 1.29 is 29.2 Å². The molecule has 3 aliphatic rings. The van der Waals surface area contributed by atoms with Gasteiger partial charge in [-0.1, -0.05) is 6.08 Å². The molecule has 6 nitrogen and oxygen atoms in total. The van der Waals surface area contributed by atoms with Crippen molar-refractivity contribution in [2.45, 2.75) is 23.5 Å². The standard InChI is InChI=1S/C18H18O6/c1-22-14-7-12-10(5-13(14)20)8-17(21)9-24-15-6-11(19)3-4-18(12,15)16(17)23-2/h3-7,16,20-21H,8-9H2,1-2H3/t16-,17-,18-/m1/s1. The predicted octanol–water partition coefficient (Wildman–Crippen LogP) is 0.994. The van der Waals surface area contributed by atoms with Gasteiger partial charge in [-0.3, -0.25) is 4.79 Å².